The molecule has 4 nitrogen and oxygen atoms in total. The van der Waals surface area contributed by atoms with E-state index in [0.29, 0.717) is 23.8 Å². The van der Waals surface area contributed by atoms with E-state index in [-0.39, 0.29) is 13.2 Å². The molecule has 0 bridgehead atoms. The van der Waals surface area contributed by atoms with E-state index in [9.17, 15) is 0 Å². The van der Waals surface area contributed by atoms with Gasteiger partial charge in [0.2, 0.25) is 0 Å². The molecule has 0 saturated carbocycles. The molecule has 0 aliphatic heterocycles. The van der Waals surface area contributed by atoms with Crippen molar-refractivity contribution in [3.8, 4) is 0 Å². The third-order valence-electron chi connectivity index (χ3n) is 2.40. The summed E-state index contributed by atoms with van der Waals surface area (Å²) in [5, 5.41) is 18.4. The van der Waals surface area contributed by atoms with Crippen molar-refractivity contribution in [3.05, 3.63) is 22.7 Å². The molecule has 1 rings (SSSR count). The van der Waals surface area contributed by atoms with Crippen LogP contribution in [0.3, 0.4) is 0 Å². The summed E-state index contributed by atoms with van der Waals surface area (Å²) in [6.45, 7) is 2.90. The molecule has 0 saturated heterocycles. The highest BCUT2D eigenvalue weighted by atomic mass is 35.5. The molecule has 0 amide bonds. The highest BCUT2D eigenvalue weighted by molar-refractivity contribution is 6.33. The summed E-state index contributed by atoms with van der Waals surface area (Å²) in [7, 11) is 0. The van der Waals surface area contributed by atoms with Crippen LogP contribution in [0, 0.1) is 6.92 Å². The summed E-state index contributed by atoms with van der Waals surface area (Å²) >= 11 is 5.95. The van der Waals surface area contributed by atoms with E-state index in [2.05, 4.69) is 0 Å². The van der Waals surface area contributed by atoms with Gasteiger partial charge in [-0.15, -0.1) is 0 Å². The summed E-state index contributed by atoms with van der Waals surface area (Å²) in [6, 6.07) is 3.55. The summed E-state index contributed by atoms with van der Waals surface area (Å²) in [4.78, 5) is 1.88. The zero-order valence-corrected chi connectivity index (χ0v) is 10.0. The Morgan fingerprint density at radius 1 is 1.25 bits per heavy atom. The summed E-state index contributed by atoms with van der Waals surface area (Å²) < 4.78 is 0. The molecule has 0 aliphatic carbocycles. The van der Waals surface area contributed by atoms with Crippen LogP contribution in [0.15, 0.2) is 12.1 Å². The van der Waals surface area contributed by atoms with E-state index in [1.807, 2.05) is 11.8 Å². The van der Waals surface area contributed by atoms with Gasteiger partial charge >= 0.3 is 0 Å². The van der Waals surface area contributed by atoms with Crippen LogP contribution in [-0.4, -0.2) is 36.5 Å². The van der Waals surface area contributed by atoms with Gasteiger partial charge in [0.05, 0.1) is 23.9 Å². The van der Waals surface area contributed by atoms with Crippen LogP contribution < -0.4 is 10.6 Å². The fourth-order valence-corrected chi connectivity index (χ4v) is 1.79. The number of nitrogen functional groups attached to an aromatic ring is 1. The lowest BCUT2D eigenvalue weighted by atomic mass is 10.1. The fourth-order valence-electron chi connectivity index (χ4n) is 1.63. The van der Waals surface area contributed by atoms with Crippen molar-refractivity contribution < 1.29 is 10.2 Å². The molecule has 0 atom stereocenters. The zero-order chi connectivity index (χ0) is 12.1. The Morgan fingerprint density at radius 3 is 2.31 bits per heavy atom. The molecule has 4 N–H and O–H groups in total. The van der Waals surface area contributed by atoms with Gasteiger partial charge in [-0.25, -0.2) is 0 Å². The first kappa shape index (κ1) is 13.1. The van der Waals surface area contributed by atoms with Crippen molar-refractivity contribution in [2.24, 2.45) is 0 Å². The Bertz CT molecular complexity index is 352. The zero-order valence-electron chi connectivity index (χ0n) is 9.28. The van der Waals surface area contributed by atoms with Gasteiger partial charge in [0.25, 0.3) is 0 Å². The fraction of sp³-hybridized carbons (Fsp3) is 0.455. The predicted octanol–water partition coefficient (Wildman–Crippen LogP) is 1.02. The van der Waals surface area contributed by atoms with Gasteiger partial charge in [0.1, 0.15) is 0 Å². The van der Waals surface area contributed by atoms with Crippen molar-refractivity contribution in [2.45, 2.75) is 6.92 Å². The predicted molar refractivity (Wildman–Crippen MR) is 67.0 cm³/mol. The number of nitrogens with two attached hydrogens (primary N) is 1. The van der Waals surface area contributed by atoms with E-state index < -0.39 is 0 Å². The largest absolute Gasteiger partial charge is 0.398 e. The minimum atomic E-state index is 0.0292. The average molecular weight is 245 g/mol. The van der Waals surface area contributed by atoms with Crippen molar-refractivity contribution in [1.82, 2.24) is 0 Å². The highest BCUT2D eigenvalue weighted by Gasteiger charge is 2.10. The molecule has 0 heterocycles. The molecule has 16 heavy (non-hydrogen) atoms. The minimum Gasteiger partial charge on any atom is -0.398 e. The molecule has 5 heteroatoms. The van der Waals surface area contributed by atoms with Crippen molar-refractivity contribution in [1.29, 1.82) is 0 Å². The molecule has 0 aromatic heterocycles. The van der Waals surface area contributed by atoms with Crippen molar-refractivity contribution >= 4 is 23.0 Å². The van der Waals surface area contributed by atoms with Gasteiger partial charge < -0.3 is 20.8 Å². The second-order valence-electron chi connectivity index (χ2n) is 3.59. The topological polar surface area (TPSA) is 69.7 Å². The van der Waals surface area contributed by atoms with E-state index in [0.717, 1.165) is 11.3 Å². The van der Waals surface area contributed by atoms with Crippen LogP contribution in [-0.2, 0) is 0 Å². The van der Waals surface area contributed by atoms with Gasteiger partial charge in [-0.05, 0) is 24.6 Å². The van der Waals surface area contributed by atoms with E-state index in [4.69, 9.17) is 27.5 Å². The van der Waals surface area contributed by atoms with Gasteiger partial charge in [0.15, 0.2) is 0 Å². The Balaban J connectivity index is 3.03. The smallest absolute Gasteiger partial charge is 0.0656 e. The molecular formula is C11H17ClN2O2. The number of hydrogen-bond donors (Lipinski definition) is 3. The highest BCUT2D eigenvalue weighted by Crippen LogP contribution is 2.29. The molecule has 0 fully saturated rings. The Labute approximate surface area is 100 Å². The molecule has 0 radical (unpaired) electrons. The van der Waals surface area contributed by atoms with Gasteiger partial charge in [-0.2, -0.15) is 0 Å². The Kier molecular flexibility index (Phi) is 4.86. The maximum atomic E-state index is 8.96. The third-order valence-corrected chi connectivity index (χ3v) is 2.72. The van der Waals surface area contributed by atoms with Crippen LogP contribution in [0.25, 0.3) is 0 Å². The first-order chi connectivity index (χ1) is 7.60. The second kappa shape index (κ2) is 5.94. The number of aliphatic hydroxyl groups excluding tert-OH is 2. The summed E-state index contributed by atoms with van der Waals surface area (Å²) in [5.41, 5.74) is 8.09. The monoisotopic (exact) mass is 244 g/mol. The number of aryl methyl sites for hydroxylation is 1. The molecule has 1 aromatic rings. The lowest BCUT2D eigenvalue weighted by Gasteiger charge is -2.25. The third kappa shape index (κ3) is 3.01. The normalized spacial score (nSPS) is 10.5. The van der Waals surface area contributed by atoms with E-state index in [1.165, 1.54) is 0 Å². The summed E-state index contributed by atoms with van der Waals surface area (Å²) in [5.74, 6) is 0. The van der Waals surface area contributed by atoms with Crippen molar-refractivity contribution in [3.63, 3.8) is 0 Å². The first-order valence-corrected chi connectivity index (χ1v) is 5.50. The van der Waals surface area contributed by atoms with Crippen LogP contribution in [0.1, 0.15) is 5.56 Å². The molecule has 0 aliphatic rings. The van der Waals surface area contributed by atoms with Crippen LogP contribution in [0.5, 0.6) is 0 Å². The van der Waals surface area contributed by atoms with Gasteiger partial charge in [0, 0.05) is 18.8 Å². The number of benzene rings is 1. The van der Waals surface area contributed by atoms with E-state index >= 15 is 0 Å². The number of anilines is 2. The Morgan fingerprint density at radius 2 is 1.81 bits per heavy atom. The number of nitrogens with zero attached hydrogens (tertiary/aromatic N) is 1. The average Bonchev–Trinajstić information content (AvgIpc) is 2.23. The molecule has 1 aromatic carbocycles. The lowest BCUT2D eigenvalue weighted by Crippen LogP contribution is -2.30. The number of hydrogen-bond acceptors (Lipinski definition) is 4. The molecular weight excluding hydrogens is 228 g/mol. The Hall–Kier alpha value is -0.970. The number of halogens is 1. The van der Waals surface area contributed by atoms with Crippen LogP contribution in [0.4, 0.5) is 11.4 Å². The maximum absolute atomic E-state index is 8.96. The van der Waals surface area contributed by atoms with Gasteiger partial charge in [-0.1, -0.05) is 11.6 Å². The minimum absolute atomic E-state index is 0.0292. The quantitative estimate of drug-likeness (QED) is 0.677. The molecule has 0 spiro atoms. The summed E-state index contributed by atoms with van der Waals surface area (Å²) in [6.07, 6.45) is 0. The molecule has 90 valence electrons. The van der Waals surface area contributed by atoms with Gasteiger partial charge in [-0.3, -0.25) is 0 Å². The lowest BCUT2D eigenvalue weighted by molar-refractivity contribution is 0.281. The van der Waals surface area contributed by atoms with E-state index in [1.54, 1.807) is 12.1 Å². The van der Waals surface area contributed by atoms with Crippen molar-refractivity contribution in [2.75, 3.05) is 36.9 Å². The number of aliphatic hydroxyl groups is 2. The second-order valence-corrected chi connectivity index (χ2v) is 4.00. The van der Waals surface area contributed by atoms with Crippen LogP contribution in [0.2, 0.25) is 5.02 Å². The standard InChI is InChI=1S/C11H17ClN2O2/c1-8-6-10(13)9(12)7-11(8)14(2-4-15)3-5-16/h6-7,15-16H,2-5,13H2,1H3. The number of rotatable bonds is 5. The maximum Gasteiger partial charge on any atom is 0.0656 e. The molecule has 0 unspecified atom stereocenters. The first-order valence-electron chi connectivity index (χ1n) is 5.12. The SMILES string of the molecule is Cc1cc(N)c(Cl)cc1N(CCO)CCO. The van der Waals surface area contributed by atoms with Crippen LogP contribution >= 0.6 is 11.6 Å².